The van der Waals surface area contributed by atoms with Gasteiger partial charge in [0.1, 0.15) is 5.75 Å². The SMILES string of the molecule is Cc1ccc(C(=O)c2ccccc2C(=O)Nc2cnn(COc3cccc(Cl)c3)c2)cc1. The van der Waals surface area contributed by atoms with Gasteiger partial charge in [0, 0.05) is 16.1 Å². The fraction of sp³-hybridized carbons (Fsp3) is 0.0800. The number of hydrogen-bond donors (Lipinski definition) is 1. The van der Waals surface area contributed by atoms with Crippen LogP contribution in [-0.4, -0.2) is 21.5 Å². The van der Waals surface area contributed by atoms with Crippen molar-refractivity contribution >= 4 is 29.0 Å². The maximum Gasteiger partial charge on any atom is 0.256 e. The third kappa shape index (κ3) is 5.04. The molecule has 1 N–H and O–H groups in total. The number of ketones is 1. The van der Waals surface area contributed by atoms with Gasteiger partial charge in [0.05, 0.1) is 23.6 Å². The van der Waals surface area contributed by atoms with Crippen molar-refractivity contribution in [2.24, 2.45) is 0 Å². The second kappa shape index (κ2) is 9.49. The van der Waals surface area contributed by atoms with E-state index in [1.807, 2.05) is 19.1 Å². The summed E-state index contributed by atoms with van der Waals surface area (Å²) in [5.41, 5.74) is 2.71. The number of aromatic nitrogens is 2. The summed E-state index contributed by atoms with van der Waals surface area (Å²) in [4.78, 5) is 25.9. The van der Waals surface area contributed by atoms with Gasteiger partial charge in [-0.1, -0.05) is 65.7 Å². The minimum Gasteiger partial charge on any atom is -0.471 e. The topological polar surface area (TPSA) is 73.2 Å². The number of rotatable bonds is 7. The van der Waals surface area contributed by atoms with Gasteiger partial charge in [0.15, 0.2) is 12.5 Å². The van der Waals surface area contributed by atoms with Gasteiger partial charge >= 0.3 is 0 Å². The monoisotopic (exact) mass is 445 g/mol. The molecule has 0 radical (unpaired) electrons. The number of anilines is 1. The summed E-state index contributed by atoms with van der Waals surface area (Å²) in [6, 6.07) is 21.1. The van der Waals surface area contributed by atoms with Crippen LogP contribution in [0.4, 0.5) is 5.69 Å². The third-order valence-corrected chi connectivity index (χ3v) is 5.02. The fourth-order valence-corrected chi connectivity index (χ4v) is 3.31. The lowest BCUT2D eigenvalue weighted by molar-refractivity contribution is 0.0996. The van der Waals surface area contributed by atoms with Gasteiger partial charge in [-0.05, 0) is 31.2 Å². The fourth-order valence-electron chi connectivity index (χ4n) is 3.13. The molecule has 7 heteroatoms. The largest absolute Gasteiger partial charge is 0.471 e. The Kier molecular flexibility index (Phi) is 6.33. The van der Waals surface area contributed by atoms with Crippen molar-refractivity contribution in [1.82, 2.24) is 9.78 Å². The van der Waals surface area contributed by atoms with Crippen molar-refractivity contribution in [3.05, 3.63) is 112 Å². The predicted octanol–water partition coefficient (Wildman–Crippen LogP) is 5.36. The van der Waals surface area contributed by atoms with E-state index in [2.05, 4.69) is 10.4 Å². The van der Waals surface area contributed by atoms with Crippen LogP contribution in [0.25, 0.3) is 0 Å². The standard InChI is InChI=1S/C25H20ClN3O3/c1-17-9-11-18(12-10-17)24(30)22-7-2-3-8-23(22)25(31)28-20-14-27-29(15-20)16-32-21-6-4-5-19(26)13-21/h2-15H,16H2,1H3,(H,28,31). The summed E-state index contributed by atoms with van der Waals surface area (Å²) in [6.45, 7) is 2.11. The maximum absolute atomic E-state index is 13.0. The molecule has 0 bridgehead atoms. The zero-order chi connectivity index (χ0) is 22.5. The first-order valence-electron chi connectivity index (χ1n) is 9.92. The summed E-state index contributed by atoms with van der Waals surface area (Å²) in [7, 11) is 0. The van der Waals surface area contributed by atoms with Crippen LogP contribution in [0.2, 0.25) is 5.02 Å². The zero-order valence-electron chi connectivity index (χ0n) is 17.3. The second-order valence-corrected chi connectivity index (χ2v) is 7.63. The molecule has 32 heavy (non-hydrogen) atoms. The number of benzene rings is 3. The highest BCUT2D eigenvalue weighted by molar-refractivity contribution is 6.30. The van der Waals surface area contributed by atoms with Gasteiger partial charge in [-0.2, -0.15) is 5.10 Å². The Morgan fingerprint density at radius 2 is 1.75 bits per heavy atom. The van der Waals surface area contributed by atoms with Crippen LogP contribution in [0.3, 0.4) is 0 Å². The normalized spacial score (nSPS) is 10.6. The van der Waals surface area contributed by atoms with E-state index in [1.165, 1.54) is 6.20 Å². The highest BCUT2D eigenvalue weighted by Crippen LogP contribution is 2.19. The molecule has 4 rings (SSSR count). The van der Waals surface area contributed by atoms with E-state index < -0.39 is 5.91 Å². The van der Waals surface area contributed by atoms with Crippen LogP contribution in [0.5, 0.6) is 5.75 Å². The van der Waals surface area contributed by atoms with Crippen LogP contribution in [0.1, 0.15) is 31.8 Å². The number of ether oxygens (including phenoxy) is 1. The molecule has 0 unspecified atom stereocenters. The van der Waals surface area contributed by atoms with Crippen molar-refractivity contribution in [3.8, 4) is 5.75 Å². The average Bonchev–Trinajstić information content (AvgIpc) is 3.25. The molecule has 4 aromatic rings. The van der Waals surface area contributed by atoms with Crippen LogP contribution in [0.15, 0.2) is 85.2 Å². The van der Waals surface area contributed by atoms with Crippen molar-refractivity contribution in [1.29, 1.82) is 0 Å². The van der Waals surface area contributed by atoms with Gasteiger partial charge in [0.2, 0.25) is 0 Å². The van der Waals surface area contributed by atoms with Crippen LogP contribution >= 0.6 is 11.6 Å². The lowest BCUT2D eigenvalue weighted by atomic mass is 9.97. The summed E-state index contributed by atoms with van der Waals surface area (Å²) in [5.74, 6) is 0.0138. The Morgan fingerprint density at radius 1 is 1.00 bits per heavy atom. The minimum absolute atomic E-state index is 0.151. The number of nitrogens with zero attached hydrogens (tertiary/aromatic N) is 2. The molecule has 0 saturated heterocycles. The number of halogens is 1. The number of carbonyl (C=O) groups excluding carboxylic acids is 2. The first kappa shape index (κ1) is 21.3. The van der Waals surface area contributed by atoms with Crippen molar-refractivity contribution in [2.45, 2.75) is 13.7 Å². The van der Waals surface area contributed by atoms with E-state index >= 15 is 0 Å². The van der Waals surface area contributed by atoms with Crippen molar-refractivity contribution < 1.29 is 14.3 Å². The average molecular weight is 446 g/mol. The molecule has 0 atom stereocenters. The lowest BCUT2D eigenvalue weighted by Crippen LogP contribution is -2.16. The van der Waals surface area contributed by atoms with Gasteiger partial charge in [-0.25, -0.2) is 4.68 Å². The second-order valence-electron chi connectivity index (χ2n) is 7.19. The van der Waals surface area contributed by atoms with E-state index in [1.54, 1.807) is 71.5 Å². The number of aryl methyl sites for hydroxylation is 1. The highest BCUT2D eigenvalue weighted by atomic mass is 35.5. The Balaban J connectivity index is 1.46. The van der Waals surface area contributed by atoms with Crippen molar-refractivity contribution in [3.63, 3.8) is 0 Å². The maximum atomic E-state index is 13.0. The van der Waals surface area contributed by atoms with E-state index in [0.717, 1.165) is 5.56 Å². The first-order valence-corrected chi connectivity index (χ1v) is 10.3. The van der Waals surface area contributed by atoms with Crippen LogP contribution in [0, 0.1) is 6.92 Å². The first-order chi connectivity index (χ1) is 15.5. The smallest absolute Gasteiger partial charge is 0.256 e. The molecule has 0 aliphatic carbocycles. The predicted molar refractivity (Wildman–Crippen MR) is 123 cm³/mol. The zero-order valence-corrected chi connectivity index (χ0v) is 18.0. The van der Waals surface area contributed by atoms with E-state index in [4.69, 9.17) is 16.3 Å². The molecular formula is C25H20ClN3O3. The van der Waals surface area contributed by atoms with Gasteiger partial charge in [0.25, 0.3) is 5.91 Å². The summed E-state index contributed by atoms with van der Waals surface area (Å²) >= 11 is 5.95. The Labute approximate surface area is 190 Å². The number of amides is 1. The summed E-state index contributed by atoms with van der Waals surface area (Å²) in [6.07, 6.45) is 3.16. The molecular weight excluding hydrogens is 426 g/mol. The molecule has 3 aromatic carbocycles. The molecule has 0 fully saturated rings. The molecule has 1 aromatic heterocycles. The summed E-state index contributed by atoms with van der Waals surface area (Å²) < 4.78 is 7.18. The molecule has 6 nitrogen and oxygen atoms in total. The molecule has 0 spiro atoms. The lowest BCUT2D eigenvalue weighted by Gasteiger charge is -2.09. The molecule has 160 valence electrons. The minimum atomic E-state index is -0.392. The molecule has 1 heterocycles. The Morgan fingerprint density at radius 3 is 2.50 bits per heavy atom. The van der Waals surface area contributed by atoms with E-state index in [0.29, 0.717) is 33.1 Å². The van der Waals surface area contributed by atoms with E-state index in [9.17, 15) is 9.59 Å². The van der Waals surface area contributed by atoms with Crippen LogP contribution in [-0.2, 0) is 6.73 Å². The molecule has 1 amide bonds. The van der Waals surface area contributed by atoms with Gasteiger partial charge in [-0.3, -0.25) is 9.59 Å². The van der Waals surface area contributed by atoms with E-state index in [-0.39, 0.29) is 12.5 Å². The van der Waals surface area contributed by atoms with Crippen molar-refractivity contribution in [2.75, 3.05) is 5.32 Å². The number of hydrogen-bond acceptors (Lipinski definition) is 4. The third-order valence-electron chi connectivity index (χ3n) is 4.78. The highest BCUT2D eigenvalue weighted by Gasteiger charge is 2.18. The number of carbonyl (C=O) groups is 2. The van der Waals surface area contributed by atoms with Crippen LogP contribution < -0.4 is 10.1 Å². The Hall–Kier alpha value is -3.90. The molecule has 0 aliphatic heterocycles. The van der Waals surface area contributed by atoms with Gasteiger partial charge < -0.3 is 10.1 Å². The quantitative estimate of drug-likeness (QED) is 0.388. The molecule has 0 saturated carbocycles. The molecule has 0 aliphatic rings. The Bertz CT molecular complexity index is 1270. The van der Waals surface area contributed by atoms with Gasteiger partial charge in [-0.15, -0.1) is 0 Å². The number of nitrogens with one attached hydrogen (secondary N) is 1. The summed E-state index contributed by atoms with van der Waals surface area (Å²) in [5, 5.41) is 7.56.